The number of rotatable bonds is 7. The van der Waals surface area contributed by atoms with Crippen molar-refractivity contribution < 1.29 is 34.4 Å². The molecular formula is C11H18O7. The molecule has 0 bridgehead atoms. The Bertz CT molecular complexity index is 347. The molecule has 0 rings (SSSR count). The minimum atomic E-state index is -2.65. The number of hydrogen-bond acceptors (Lipinski definition) is 5. The molecule has 7 nitrogen and oxygen atoms in total. The van der Waals surface area contributed by atoms with Gasteiger partial charge in [-0.15, -0.1) is 0 Å². The Balaban J connectivity index is 4.76. The molecule has 0 saturated carbocycles. The van der Waals surface area contributed by atoms with Crippen LogP contribution in [0.4, 0.5) is 0 Å². The minimum Gasteiger partial charge on any atom is -0.481 e. The molecule has 0 aromatic carbocycles. The SMILES string of the molecule is CCC(C)(C)OC(=O)CC(O)(CC(=O)O)C(=O)O. The van der Waals surface area contributed by atoms with Crippen molar-refractivity contribution >= 4 is 17.9 Å². The van der Waals surface area contributed by atoms with E-state index in [4.69, 9.17) is 14.9 Å². The average Bonchev–Trinajstić information content (AvgIpc) is 2.14. The van der Waals surface area contributed by atoms with E-state index in [1.807, 2.05) is 0 Å². The first-order valence-electron chi connectivity index (χ1n) is 5.42. The van der Waals surface area contributed by atoms with Gasteiger partial charge in [0.15, 0.2) is 5.60 Å². The van der Waals surface area contributed by atoms with Crippen LogP contribution >= 0.6 is 0 Å². The topological polar surface area (TPSA) is 121 Å². The Morgan fingerprint density at radius 3 is 1.94 bits per heavy atom. The van der Waals surface area contributed by atoms with Crippen molar-refractivity contribution in [2.45, 2.75) is 51.2 Å². The van der Waals surface area contributed by atoms with Crippen molar-refractivity contribution in [3.8, 4) is 0 Å². The molecule has 0 amide bonds. The Morgan fingerprint density at radius 2 is 1.61 bits per heavy atom. The van der Waals surface area contributed by atoms with Gasteiger partial charge < -0.3 is 20.1 Å². The van der Waals surface area contributed by atoms with E-state index in [9.17, 15) is 19.5 Å². The van der Waals surface area contributed by atoms with Crippen LogP contribution in [-0.4, -0.2) is 44.4 Å². The van der Waals surface area contributed by atoms with E-state index in [-0.39, 0.29) is 0 Å². The lowest BCUT2D eigenvalue weighted by Gasteiger charge is -2.26. The van der Waals surface area contributed by atoms with E-state index in [1.54, 1.807) is 20.8 Å². The standard InChI is InChI=1S/C11H18O7/c1-4-10(2,3)18-8(14)6-11(17,9(15)16)5-7(12)13/h17H,4-6H2,1-3H3,(H,12,13)(H,15,16). The fraction of sp³-hybridized carbons (Fsp3) is 0.727. The maximum atomic E-state index is 11.5. The Hall–Kier alpha value is -1.63. The molecule has 0 fully saturated rings. The average molecular weight is 262 g/mol. The van der Waals surface area contributed by atoms with E-state index in [0.29, 0.717) is 6.42 Å². The fourth-order valence-electron chi connectivity index (χ4n) is 1.12. The Kier molecular flexibility index (Phi) is 5.29. The fourth-order valence-corrected chi connectivity index (χ4v) is 1.12. The smallest absolute Gasteiger partial charge is 0.336 e. The van der Waals surface area contributed by atoms with Gasteiger partial charge in [-0.25, -0.2) is 4.79 Å². The summed E-state index contributed by atoms with van der Waals surface area (Å²) in [5.41, 5.74) is -3.44. The second-order valence-corrected chi connectivity index (χ2v) is 4.67. The lowest BCUT2D eigenvalue weighted by molar-refractivity contribution is -0.176. The van der Waals surface area contributed by atoms with Crippen LogP contribution in [-0.2, 0) is 19.1 Å². The number of esters is 1. The first-order valence-corrected chi connectivity index (χ1v) is 5.42. The number of carboxylic acids is 2. The number of aliphatic hydroxyl groups is 1. The summed E-state index contributed by atoms with van der Waals surface area (Å²) in [5, 5.41) is 26.9. The van der Waals surface area contributed by atoms with Crippen LogP contribution in [0.15, 0.2) is 0 Å². The molecule has 7 heteroatoms. The molecule has 0 aromatic rings. The highest BCUT2D eigenvalue weighted by Crippen LogP contribution is 2.21. The van der Waals surface area contributed by atoms with Gasteiger partial charge >= 0.3 is 17.9 Å². The molecule has 0 spiro atoms. The molecule has 0 aliphatic rings. The van der Waals surface area contributed by atoms with Crippen LogP contribution in [0.25, 0.3) is 0 Å². The molecule has 1 unspecified atom stereocenters. The van der Waals surface area contributed by atoms with Gasteiger partial charge in [-0.05, 0) is 20.3 Å². The molecular weight excluding hydrogens is 244 g/mol. The van der Waals surface area contributed by atoms with Crippen molar-refractivity contribution in [1.29, 1.82) is 0 Å². The predicted molar refractivity (Wildman–Crippen MR) is 59.9 cm³/mol. The molecule has 1 atom stereocenters. The summed E-state index contributed by atoms with van der Waals surface area (Å²) in [6.45, 7) is 5.03. The first kappa shape index (κ1) is 16.4. The lowest BCUT2D eigenvalue weighted by Crippen LogP contribution is -2.44. The molecule has 0 aliphatic carbocycles. The molecule has 0 aromatic heterocycles. The summed E-state index contributed by atoms with van der Waals surface area (Å²) in [5.74, 6) is -4.23. The van der Waals surface area contributed by atoms with Crippen molar-refractivity contribution in [1.82, 2.24) is 0 Å². The van der Waals surface area contributed by atoms with Gasteiger partial charge in [0.05, 0.1) is 12.8 Å². The molecule has 3 N–H and O–H groups in total. The number of carbonyl (C=O) groups is 3. The van der Waals surface area contributed by atoms with E-state index in [0.717, 1.165) is 0 Å². The summed E-state index contributed by atoms with van der Waals surface area (Å²) >= 11 is 0. The largest absolute Gasteiger partial charge is 0.481 e. The zero-order chi connectivity index (χ0) is 14.6. The van der Waals surface area contributed by atoms with Gasteiger partial charge in [-0.3, -0.25) is 9.59 Å². The van der Waals surface area contributed by atoms with E-state index in [1.165, 1.54) is 0 Å². The second kappa shape index (κ2) is 5.81. The minimum absolute atomic E-state index is 0.503. The number of carboxylic acid groups (broad SMARTS) is 2. The summed E-state index contributed by atoms with van der Waals surface area (Å²) in [6.07, 6.45) is -1.47. The summed E-state index contributed by atoms with van der Waals surface area (Å²) in [6, 6.07) is 0. The van der Waals surface area contributed by atoms with E-state index >= 15 is 0 Å². The van der Waals surface area contributed by atoms with Crippen molar-refractivity contribution in [2.75, 3.05) is 0 Å². The first-order chi connectivity index (χ1) is 8.02. The highest BCUT2D eigenvalue weighted by atomic mass is 16.6. The van der Waals surface area contributed by atoms with Gasteiger partial charge in [0.25, 0.3) is 0 Å². The van der Waals surface area contributed by atoms with Crippen LogP contribution in [0, 0.1) is 0 Å². The highest BCUT2D eigenvalue weighted by molar-refractivity contribution is 5.88. The normalized spacial score (nSPS) is 14.7. The molecule has 104 valence electrons. The summed E-state index contributed by atoms with van der Waals surface area (Å²) in [7, 11) is 0. The third-order valence-electron chi connectivity index (χ3n) is 2.52. The number of aliphatic carboxylic acids is 2. The zero-order valence-electron chi connectivity index (χ0n) is 10.6. The van der Waals surface area contributed by atoms with Crippen LogP contribution in [0.5, 0.6) is 0 Å². The van der Waals surface area contributed by atoms with E-state index in [2.05, 4.69) is 0 Å². The molecule has 0 saturated heterocycles. The molecule has 0 heterocycles. The van der Waals surface area contributed by atoms with Crippen LogP contribution in [0.2, 0.25) is 0 Å². The highest BCUT2D eigenvalue weighted by Gasteiger charge is 2.42. The number of ether oxygens (including phenoxy) is 1. The molecule has 0 radical (unpaired) electrons. The lowest BCUT2D eigenvalue weighted by atomic mass is 9.95. The number of carbonyl (C=O) groups excluding carboxylic acids is 1. The Morgan fingerprint density at radius 1 is 1.11 bits per heavy atom. The van der Waals surface area contributed by atoms with E-state index < -0.39 is 42.0 Å². The van der Waals surface area contributed by atoms with Gasteiger partial charge in [0.2, 0.25) is 0 Å². The monoisotopic (exact) mass is 262 g/mol. The number of hydrogen-bond donors (Lipinski definition) is 3. The second-order valence-electron chi connectivity index (χ2n) is 4.67. The quantitative estimate of drug-likeness (QED) is 0.567. The van der Waals surface area contributed by atoms with Gasteiger partial charge in [-0.1, -0.05) is 6.92 Å². The van der Waals surface area contributed by atoms with Gasteiger partial charge in [0.1, 0.15) is 5.60 Å². The summed E-state index contributed by atoms with van der Waals surface area (Å²) < 4.78 is 4.96. The summed E-state index contributed by atoms with van der Waals surface area (Å²) in [4.78, 5) is 32.8. The van der Waals surface area contributed by atoms with Crippen molar-refractivity contribution in [3.63, 3.8) is 0 Å². The third kappa shape index (κ3) is 5.13. The maximum absolute atomic E-state index is 11.5. The molecule has 0 aliphatic heterocycles. The maximum Gasteiger partial charge on any atom is 0.336 e. The third-order valence-corrected chi connectivity index (χ3v) is 2.52. The van der Waals surface area contributed by atoms with Crippen molar-refractivity contribution in [3.05, 3.63) is 0 Å². The van der Waals surface area contributed by atoms with Crippen LogP contribution < -0.4 is 0 Å². The predicted octanol–water partition coefficient (Wildman–Crippen LogP) is 0.399. The zero-order valence-corrected chi connectivity index (χ0v) is 10.6. The Labute approximate surface area is 104 Å². The van der Waals surface area contributed by atoms with Crippen LogP contribution in [0.1, 0.15) is 40.0 Å². The van der Waals surface area contributed by atoms with Gasteiger partial charge in [0, 0.05) is 0 Å². The molecule has 18 heavy (non-hydrogen) atoms. The van der Waals surface area contributed by atoms with Crippen molar-refractivity contribution in [2.24, 2.45) is 0 Å². The van der Waals surface area contributed by atoms with Gasteiger partial charge in [-0.2, -0.15) is 0 Å². The van der Waals surface area contributed by atoms with Crippen LogP contribution in [0.3, 0.4) is 0 Å².